The predicted molar refractivity (Wildman–Crippen MR) is 117 cm³/mol. The van der Waals surface area contributed by atoms with Crippen molar-refractivity contribution in [2.45, 2.75) is 43.4 Å². The quantitative estimate of drug-likeness (QED) is 0.563. The van der Waals surface area contributed by atoms with Gasteiger partial charge in [-0.15, -0.1) is 11.3 Å². The number of nitrogens with one attached hydrogen (secondary N) is 1. The number of para-hydroxylation sites is 1. The molecular formula is C25H24N2OS. The zero-order valence-corrected chi connectivity index (χ0v) is 17.1. The summed E-state index contributed by atoms with van der Waals surface area (Å²) in [5, 5.41) is 4.53. The first kappa shape index (κ1) is 17.3. The molecule has 1 atom stereocenters. The van der Waals surface area contributed by atoms with Crippen LogP contribution in [0.2, 0.25) is 0 Å². The smallest absolute Gasteiger partial charge is 0.180 e. The monoisotopic (exact) mass is 400 g/mol. The Morgan fingerprint density at radius 2 is 1.72 bits per heavy atom. The molecule has 146 valence electrons. The SMILES string of the molecule is C1=C(c2cccs2)NN2[C@H]1c1ccccc1OC21CCC(c2ccccc2)CC1. The highest BCUT2D eigenvalue weighted by molar-refractivity contribution is 7.11. The number of fused-ring (bicyclic) bond motifs is 4. The van der Waals surface area contributed by atoms with Crippen LogP contribution >= 0.6 is 11.3 Å². The summed E-state index contributed by atoms with van der Waals surface area (Å²) in [7, 11) is 0. The van der Waals surface area contributed by atoms with Gasteiger partial charge in [-0.25, -0.2) is 0 Å². The Balaban J connectivity index is 1.34. The van der Waals surface area contributed by atoms with Gasteiger partial charge in [0.1, 0.15) is 5.75 Å². The number of thiophene rings is 1. The van der Waals surface area contributed by atoms with E-state index in [1.54, 1.807) is 11.3 Å². The third-order valence-corrected chi connectivity index (χ3v) is 7.55. The average Bonchev–Trinajstić information content (AvgIpc) is 3.46. The molecule has 3 heterocycles. The fraction of sp³-hybridized carbons (Fsp3) is 0.280. The molecule has 2 aromatic carbocycles. The highest BCUT2D eigenvalue weighted by Gasteiger charge is 2.51. The van der Waals surface area contributed by atoms with Crippen molar-refractivity contribution in [3.8, 4) is 5.75 Å². The van der Waals surface area contributed by atoms with Gasteiger partial charge < -0.3 is 10.2 Å². The second kappa shape index (κ2) is 6.75. The molecule has 1 spiro atoms. The first-order chi connectivity index (χ1) is 14.3. The van der Waals surface area contributed by atoms with Crippen molar-refractivity contribution in [1.82, 2.24) is 10.4 Å². The molecule has 0 unspecified atom stereocenters. The molecule has 0 amide bonds. The van der Waals surface area contributed by atoms with Crippen LogP contribution in [-0.4, -0.2) is 10.7 Å². The largest absolute Gasteiger partial charge is 0.471 e. The first-order valence-corrected chi connectivity index (χ1v) is 11.3. The molecule has 6 rings (SSSR count). The normalized spacial score (nSPS) is 28.2. The van der Waals surface area contributed by atoms with Gasteiger partial charge in [-0.3, -0.25) is 0 Å². The minimum atomic E-state index is -0.292. The number of benzene rings is 2. The van der Waals surface area contributed by atoms with Gasteiger partial charge in [0.15, 0.2) is 5.72 Å². The van der Waals surface area contributed by atoms with Crippen molar-refractivity contribution in [3.05, 3.63) is 94.2 Å². The molecule has 3 nitrogen and oxygen atoms in total. The summed E-state index contributed by atoms with van der Waals surface area (Å²) in [6, 6.07) is 24.0. The van der Waals surface area contributed by atoms with Crippen LogP contribution in [0.3, 0.4) is 0 Å². The minimum Gasteiger partial charge on any atom is -0.471 e. The maximum atomic E-state index is 6.76. The molecule has 1 saturated carbocycles. The van der Waals surface area contributed by atoms with Gasteiger partial charge >= 0.3 is 0 Å². The molecule has 2 aliphatic heterocycles. The fourth-order valence-electron chi connectivity index (χ4n) is 5.16. The van der Waals surface area contributed by atoms with Gasteiger partial charge in [0.25, 0.3) is 0 Å². The van der Waals surface area contributed by atoms with Crippen LogP contribution in [-0.2, 0) is 0 Å². The van der Waals surface area contributed by atoms with Crippen molar-refractivity contribution >= 4 is 17.0 Å². The average molecular weight is 401 g/mol. The van der Waals surface area contributed by atoms with Gasteiger partial charge in [-0.05, 0) is 47.9 Å². The van der Waals surface area contributed by atoms with Crippen LogP contribution in [0.1, 0.15) is 53.6 Å². The molecule has 1 aromatic heterocycles. The van der Waals surface area contributed by atoms with E-state index < -0.39 is 0 Å². The van der Waals surface area contributed by atoms with E-state index in [2.05, 4.69) is 88.6 Å². The van der Waals surface area contributed by atoms with Gasteiger partial charge in [0.05, 0.1) is 16.6 Å². The van der Waals surface area contributed by atoms with Crippen LogP contribution in [0, 0.1) is 0 Å². The highest BCUT2D eigenvalue weighted by Crippen LogP contribution is 2.51. The molecule has 0 saturated heterocycles. The number of hydrogen-bond acceptors (Lipinski definition) is 4. The van der Waals surface area contributed by atoms with Crippen LogP contribution in [0.5, 0.6) is 5.75 Å². The Morgan fingerprint density at radius 1 is 0.931 bits per heavy atom. The maximum Gasteiger partial charge on any atom is 0.180 e. The Bertz CT molecular complexity index is 1040. The van der Waals surface area contributed by atoms with Crippen LogP contribution < -0.4 is 10.2 Å². The molecule has 1 aliphatic carbocycles. The lowest BCUT2D eigenvalue weighted by Gasteiger charge is -2.51. The molecule has 0 bridgehead atoms. The zero-order chi connectivity index (χ0) is 19.3. The number of ether oxygens (including phenoxy) is 1. The Morgan fingerprint density at radius 3 is 2.52 bits per heavy atom. The zero-order valence-electron chi connectivity index (χ0n) is 16.3. The summed E-state index contributed by atoms with van der Waals surface area (Å²) in [5.41, 5.74) is 7.36. The summed E-state index contributed by atoms with van der Waals surface area (Å²) in [6.07, 6.45) is 6.71. The molecule has 3 aromatic rings. The van der Waals surface area contributed by atoms with Gasteiger partial charge in [0.2, 0.25) is 0 Å². The van der Waals surface area contributed by atoms with Crippen LogP contribution in [0.15, 0.2) is 78.2 Å². The van der Waals surface area contributed by atoms with Crippen molar-refractivity contribution in [1.29, 1.82) is 0 Å². The van der Waals surface area contributed by atoms with Gasteiger partial charge in [0, 0.05) is 18.4 Å². The van der Waals surface area contributed by atoms with E-state index in [0.29, 0.717) is 5.92 Å². The summed E-state index contributed by atoms with van der Waals surface area (Å²) in [5.74, 6) is 1.66. The van der Waals surface area contributed by atoms with Crippen LogP contribution in [0.4, 0.5) is 0 Å². The van der Waals surface area contributed by atoms with E-state index in [1.165, 1.54) is 21.7 Å². The van der Waals surface area contributed by atoms with E-state index in [1.807, 2.05) is 0 Å². The molecule has 1 fully saturated rings. The molecule has 1 N–H and O–H groups in total. The molecule has 3 aliphatic rings. The predicted octanol–water partition coefficient (Wildman–Crippen LogP) is 6.10. The Kier molecular flexibility index (Phi) is 4.03. The lowest BCUT2D eigenvalue weighted by Crippen LogP contribution is -2.60. The molecule has 4 heteroatoms. The molecule has 0 radical (unpaired) electrons. The van der Waals surface area contributed by atoms with Crippen molar-refractivity contribution in [2.75, 3.05) is 0 Å². The lowest BCUT2D eigenvalue weighted by molar-refractivity contribution is -0.152. The summed E-state index contributed by atoms with van der Waals surface area (Å²) < 4.78 is 6.76. The van der Waals surface area contributed by atoms with E-state index in [-0.39, 0.29) is 11.8 Å². The second-order valence-corrected chi connectivity index (χ2v) is 9.20. The maximum absolute atomic E-state index is 6.76. The van der Waals surface area contributed by atoms with E-state index in [0.717, 1.165) is 31.4 Å². The van der Waals surface area contributed by atoms with Gasteiger partial charge in [-0.2, -0.15) is 5.01 Å². The standard InChI is InChI=1S/C25H24N2OS/c1-2-7-18(8-3-1)19-12-14-25(15-13-19)27-22(20-9-4-5-10-23(20)28-25)17-21(26-27)24-11-6-16-29-24/h1-11,16-17,19,22,26H,12-15H2/t19?,22-,25?/m1/s1. The van der Waals surface area contributed by atoms with Crippen molar-refractivity contribution in [2.24, 2.45) is 0 Å². The van der Waals surface area contributed by atoms with Gasteiger partial charge in [-0.1, -0.05) is 54.6 Å². The fourth-order valence-corrected chi connectivity index (χ4v) is 5.87. The Labute approximate surface area is 175 Å². The number of nitrogens with zero attached hydrogens (tertiary/aromatic N) is 1. The minimum absolute atomic E-state index is 0.213. The third kappa shape index (κ3) is 2.82. The number of hydrazine groups is 1. The number of rotatable bonds is 2. The van der Waals surface area contributed by atoms with E-state index in [4.69, 9.17) is 4.74 Å². The Hall–Kier alpha value is -2.56. The highest BCUT2D eigenvalue weighted by atomic mass is 32.1. The lowest BCUT2D eigenvalue weighted by atomic mass is 9.78. The molecule has 29 heavy (non-hydrogen) atoms. The van der Waals surface area contributed by atoms with Crippen molar-refractivity contribution < 1.29 is 4.74 Å². The van der Waals surface area contributed by atoms with Crippen LogP contribution in [0.25, 0.3) is 5.70 Å². The summed E-state index contributed by atoms with van der Waals surface area (Å²) in [6.45, 7) is 0. The topological polar surface area (TPSA) is 24.5 Å². The first-order valence-electron chi connectivity index (χ1n) is 10.5. The summed E-state index contributed by atoms with van der Waals surface area (Å²) in [4.78, 5) is 1.28. The third-order valence-electron chi connectivity index (χ3n) is 6.64. The second-order valence-electron chi connectivity index (χ2n) is 8.26. The van der Waals surface area contributed by atoms with Crippen molar-refractivity contribution in [3.63, 3.8) is 0 Å². The van der Waals surface area contributed by atoms with E-state index >= 15 is 0 Å². The summed E-state index contributed by atoms with van der Waals surface area (Å²) >= 11 is 1.78. The number of hydrogen-bond donors (Lipinski definition) is 1. The molecular weight excluding hydrogens is 376 g/mol. The van der Waals surface area contributed by atoms with E-state index in [9.17, 15) is 0 Å².